The molecule has 0 aliphatic rings. The van der Waals surface area contributed by atoms with Crippen LogP contribution in [0.4, 0.5) is 10.8 Å². The summed E-state index contributed by atoms with van der Waals surface area (Å²) in [4.78, 5) is 10.5. The molecule has 0 bridgehead atoms. The van der Waals surface area contributed by atoms with E-state index >= 15 is 0 Å². The van der Waals surface area contributed by atoms with Crippen LogP contribution in [0.25, 0.3) is 0 Å². The maximum absolute atomic E-state index is 10.9. The molecule has 0 saturated carbocycles. The molecule has 6 nitrogen and oxygen atoms in total. The number of rotatable bonds is 7. The molecule has 2 rings (SSSR count). The number of hydrogen-bond donors (Lipinski definition) is 1. The summed E-state index contributed by atoms with van der Waals surface area (Å²) in [7, 11) is 0. The number of hydrogen-bond acceptors (Lipinski definition) is 6. The van der Waals surface area contributed by atoms with E-state index in [9.17, 15) is 10.1 Å². The summed E-state index contributed by atoms with van der Waals surface area (Å²) in [6.45, 7) is 4.12. The number of aromatic nitrogens is 2. The van der Waals surface area contributed by atoms with Gasteiger partial charge in [0.2, 0.25) is 5.13 Å². The van der Waals surface area contributed by atoms with Crippen molar-refractivity contribution in [2.24, 2.45) is 0 Å². The third-order valence-electron chi connectivity index (χ3n) is 3.13. The number of benzene rings is 1. The van der Waals surface area contributed by atoms with Gasteiger partial charge in [0, 0.05) is 12.1 Å². The Labute approximate surface area is 127 Å². The molecular weight excluding hydrogens is 288 g/mol. The van der Waals surface area contributed by atoms with Gasteiger partial charge in [0.05, 0.1) is 11.0 Å². The predicted octanol–water partition coefficient (Wildman–Crippen LogP) is 3.96. The van der Waals surface area contributed by atoms with E-state index in [1.165, 1.54) is 17.4 Å². The molecule has 0 amide bonds. The second-order valence-electron chi connectivity index (χ2n) is 4.69. The molecule has 2 aromatic rings. The minimum Gasteiger partial charge on any atom is -0.353 e. The average Bonchev–Trinajstić information content (AvgIpc) is 2.94. The standard InChI is InChI=1S/C14H18N4O2S/c1-3-6-12(15-14-17-16-13(4-2)21-14)10-7-5-8-11(9-10)18(19)20/h5,7-9,12H,3-4,6H2,1-2H3,(H,15,17). The Kier molecular flexibility index (Phi) is 5.21. The maximum Gasteiger partial charge on any atom is 0.269 e. The van der Waals surface area contributed by atoms with Gasteiger partial charge in [0.15, 0.2) is 0 Å². The molecule has 0 aliphatic heterocycles. The first kappa shape index (κ1) is 15.4. The number of aryl methyl sites for hydroxylation is 1. The molecule has 21 heavy (non-hydrogen) atoms. The second-order valence-corrected chi connectivity index (χ2v) is 5.75. The first-order valence-corrected chi connectivity index (χ1v) is 7.79. The number of non-ortho nitro benzene ring substituents is 1. The number of nitro groups is 1. The van der Waals surface area contributed by atoms with Crippen LogP contribution in [0, 0.1) is 10.1 Å². The molecule has 0 saturated heterocycles. The number of nitro benzene ring substituents is 1. The zero-order chi connectivity index (χ0) is 15.2. The number of nitrogens with one attached hydrogen (secondary N) is 1. The Bertz CT molecular complexity index is 615. The summed E-state index contributed by atoms with van der Waals surface area (Å²) in [5.74, 6) is 0. The normalized spacial score (nSPS) is 12.1. The summed E-state index contributed by atoms with van der Waals surface area (Å²) in [6, 6.07) is 6.76. The van der Waals surface area contributed by atoms with E-state index in [0.29, 0.717) is 0 Å². The van der Waals surface area contributed by atoms with Gasteiger partial charge in [-0.05, 0) is 18.4 Å². The van der Waals surface area contributed by atoms with Gasteiger partial charge in [-0.15, -0.1) is 10.2 Å². The molecule has 1 heterocycles. The van der Waals surface area contributed by atoms with Gasteiger partial charge >= 0.3 is 0 Å². The zero-order valence-electron chi connectivity index (χ0n) is 12.1. The second kappa shape index (κ2) is 7.12. The smallest absolute Gasteiger partial charge is 0.269 e. The molecule has 112 valence electrons. The highest BCUT2D eigenvalue weighted by atomic mass is 32.1. The monoisotopic (exact) mass is 306 g/mol. The fourth-order valence-electron chi connectivity index (χ4n) is 2.07. The van der Waals surface area contributed by atoms with Crippen LogP contribution >= 0.6 is 11.3 Å². The molecule has 1 N–H and O–H groups in total. The third-order valence-corrected chi connectivity index (χ3v) is 4.13. The molecule has 7 heteroatoms. The van der Waals surface area contributed by atoms with Gasteiger partial charge in [-0.1, -0.05) is 43.7 Å². The van der Waals surface area contributed by atoms with E-state index < -0.39 is 0 Å². The maximum atomic E-state index is 10.9. The van der Waals surface area contributed by atoms with Crippen molar-refractivity contribution < 1.29 is 4.92 Å². The zero-order valence-corrected chi connectivity index (χ0v) is 12.9. The number of anilines is 1. The lowest BCUT2D eigenvalue weighted by atomic mass is 10.0. The Morgan fingerprint density at radius 1 is 1.38 bits per heavy atom. The first-order valence-electron chi connectivity index (χ1n) is 6.97. The van der Waals surface area contributed by atoms with Crippen LogP contribution in [0.1, 0.15) is 43.3 Å². The molecule has 1 aromatic carbocycles. The van der Waals surface area contributed by atoms with Gasteiger partial charge in [-0.3, -0.25) is 10.1 Å². The summed E-state index contributed by atoms with van der Waals surface area (Å²) in [5, 5.41) is 24.2. The van der Waals surface area contributed by atoms with E-state index in [4.69, 9.17) is 0 Å². The van der Waals surface area contributed by atoms with Crippen LogP contribution in [-0.4, -0.2) is 15.1 Å². The molecule has 1 aromatic heterocycles. The lowest BCUT2D eigenvalue weighted by molar-refractivity contribution is -0.384. The van der Waals surface area contributed by atoms with E-state index in [2.05, 4.69) is 22.4 Å². The quantitative estimate of drug-likeness (QED) is 0.618. The van der Waals surface area contributed by atoms with Gasteiger partial charge in [-0.2, -0.15) is 0 Å². The van der Waals surface area contributed by atoms with Crippen LogP contribution in [0.2, 0.25) is 0 Å². The molecule has 0 fully saturated rings. The summed E-state index contributed by atoms with van der Waals surface area (Å²) < 4.78 is 0. The minimum absolute atomic E-state index is 0.00700. The van der Waals surface area contributed by atoms with Crippen LogP contribution in [0.15, 0.2) is 24.3 Å². The fourth-order valence-corrected chi connectivity index (χ4v) is 2.80. The van der Waals surface area contributed by atoms with E-state index in [1.54, 1.807) is 12.1 Å². The Morgan fingerprint density at radius 2 is 2.19 bits per heavy atom. The highest BCUT2D eigenvalue weighted by Gasteiger charge is 2.16. The van der Waals surface area contributed by atoms with Gasteiger partial charge in [-0.25, -0.2) is 0 Å². The van der Waals surface area contributed by atoms with Crippen LogP contribution in [0.5, 0.6) is 0 Å². The van der Waals surface area contributed by atoms with Crippen molar-refractivity contribution >= 4 is 22.2 Å². The van der Waals surface area contributed by atoms with Crippen molar-refractivity contribution in [3.63, 3.8) is 0 Å². The average molecular weight is 306 g/mol. The van der Waals surface area contributed by atoms with Crippen molar-refractivity contribution in [1.29, 1.82) is 0 Å². The van der Waals surface area contributed by atoms with Gasteiger partial charge in [0.25, 0.3) is 5.69 Å². The van der Waals surface area contributed by atoms with Crippen LogP contribution in [-0.2, 0) is 6.42 Å². The Hall–Kier alpha value is -2.02. The molecule has 0 spiro atoms. The van der Waals surface area contributed by atoms with E-state index in [1.807, 2.05) is 13.0 Å². The lowest BCUT2D eigenvalue weighted by Gasteiger charge is -2.17. The molecule has 1 atom stereocenters. The molecular formula is C14H18N4O2S. The van der Waals surface area contributed by atoms with E-state index in [0.717, 1.165) is 35.0 Å². The SMILES string of the molecule is CCCC(Nc1nnc(CC)s1)c1cccc([N+](=O)[O-])c1. The van der Waals surface area contributed by atoms with Crippen LogP contribution < -0.4 is 5.32 Å². The van der Waals surface area contributed by atoms with Crippen LogP contribution in [0.3, 0.4) is 0 Å². The number of nitrogens with zero attached hydrogens (tertiary/aromatic N) is 3. The van der Waals surface area contributed by atoms with E-state index in [-0.39, 0.29) is 16.7 Å². The van der Waals surface area contributed by atoms with Gasteiger partial charge in [0.1, 0.15) is 5.01 Å². The highest BCUT2D eigenvalue weighted by molar-refractivity contribution is 7.15. The highest BCUT2D eigenvalue weighted by Crippen LogP contribution is 2.28. The predicted molar refractivity (Wildman–Crippen MR) is 83.7 cm³/mol. The summed E-state index contributed by atoms with van der Waals surface area (Å²) in [5.41, 5.74) is 1.02. The van der Waals surface area contributed by atoms with Crippen molar-refractivity contribution in [3.8, 4) is 0 Å². The van der Waals surface area contributed by atoms with Crippen molar-refractivity contribution in [3.05, 3.63) is 45.0 Å². The summed E-state index contributed by atoms with van der Waals surface area (Å²) in [6.07, 6.45) is 2.70. The largest absolute Gasteiger partial charge is 0.353 e. The lowest BCUT2D eigenvalue weighted by Crippen LogP contribution is -2.10. The first-order chi connectivity index (χ1) is 10.1. The third kappa shape index (κ3) is 3.98. The van der Waals surface area contributed by atoms with Crippen molar-refractivity contribution in [2.75, 3.05) is 5.32 Å². The van der Waals surface area contributed by atoms with Crippen molar-refractivity contribution in [2.45, 2.75) is 39.2 Å². The Morgan fingerprint density at radius 3 is 2.81 bits per heavy atom. The fraction of sp³-hybridized carbons (Fsp3) is 0.429. The summed E-state index contributed by atoms with van der Waals surface area (Å²) >= 11 is 1.53. The molecule has 1 unspecified atom stereocenters. The topological polar surface area (TPSA) is 81.0 Å². The molecule has 0 radical (unpaired) electrons. The Balaban J connectivity index is 2.21. The minimum atomic E-state index is -0.368. The van der Waals surface area contributed by atoms with Crippen molar-refractivity contribution in [1.82, 2.24) is 10.2 Å². The van der Waals surface area contributed by atoms with Gasteiger partial charge < -0.3 is 5.32 Å². The molecule has 0 aliphatic carbocycles.